The Kier molecular flexibility index (Phi) is 7.63. The zero-order chi connectivity index (χ0) is 15.0. The van der Waals surface area contributed by atoms with Gasteiger partial charge in [0, 0.05) is 6.54 Å². The van der Waals surface area contributed by atoms with Crippen molar-refractivity contribution in [3.63, 3.8) is 0 Å². The number of nitrogens with one attached hydrogen (secondary N) is 1. The lowest BCUT2D eigenvalue weighted by Gasteiger charge is -2.17. The zero-order valence-electron chi connectivity index (χ0n) is 13.3. The summed E-state index contributed by atoms with van der Waals surface area (Å²) in [6.45, 7) is 10.4. The third-order valence-corrected chi connectivity index (χ3v) is 3.61. The van der Waals surface area contributed by atoms with E-state index in [2.05, 4.69) is 25.2 Å². The fourth-order valence-corrected chi connectivity index (χ4v) is 2.30. The highest BCUT2D eigenvalue weighted by molar-refractivity contribution is 5.32. The van der Waals surface area contributed by atoms with Crippen molar-refractivity contribution < 1.29 is 9.84 Å². The Morgan fingerprint density at radius 3 is 2.20 bits per heavy atom. The second-order valence-electron chi connectivity index (χ2n) is 5.63. The first-order valence-corrected chi connectivity index (χ1v) is 7.65. The molecule has 0 saturated heterocycles. The minimum Gasteiger partial charge on any atom is -0.491 e. The minimum absolute atomic E-state index is 0.332. The van der Waals surface area contributed by atoms with Crippen molar-refractivity contribution in [2.45, 2.75) is 46.6 Å². The molecule has 1 unspecified atom stereocenters. The van der Waals surface area contributed by atoms with Crippen molar-refractivity contribution in [3.05, 3.63) is 29.3 Å². The highest BCUT2D eigenvalue weighted by atomic mass is 16.5. The zero-order valence-corrected chi connectivity index (χ0v) is 13.3. The lowest BCUT2D eigenvalue weighted by atomic mass is 10.0. The van der Waals surface area contributed by atoms with E-state index in [1.54, 1.807) is 0 Å². The van der Waals surface area contributed by atoms with Gasteiger partial charge in [-0.05, 0) is 49.6 Å². The van der Waals surface area contributed by atoms with E-state index in [-0.39, 0.29) is 0 Å². The van der Waals surface area contributed by atoms with Crippen LogP contribution in [0.1, 0.15) is 37.8 Å². The molecule has 0 heterocycles. The van der Waals surface area contributed by atoms with E-state index >= 15 is 0 Å². The number of benzene rings is 1. The fourth-order valence-electron chi connectivity index (χ4n) is 2.30. The summed E-state index contributed by atoms with van der Waals surface area (Å²) < 4.78 is 5.65. The van der Waals surface area contributed by atoms with Crippen LogP contribution in [0.15, 0.2) is 18.2 Å². The molecule has 0 aromatic heterocycles. The van der Waals surface area contributed by atoms with Gasteiger partial charge in [0.25, 0.3) is 0 Å². The monoisotopic (exact) mass is 279 g/mol. The molecule has 0 aliphatic rings. The standard InChI is InChI=1S/C17H29NO2/c1-5-15(6-2)10-18-11-16(19)12-20-17-8-13(3)7-14(4)9-17/h7-9,15-16,18-19H,5-6,10-12H2,1-4H3. The summed E-state index contributed by atoms with van der Waals surface area (Å²) in [4.78, 5) is 0. The van der Waals surface area contributed by atoms with Gasteiger partial charge in [-0.2, -0.15) is 0 Å². The Hall–Kier alpha value is -1.06. The van der Waals surface area contributed by atoms with Gasteiger partial charge in [0.15, 0.2) is 0 Å². The van der Waals surface area contributed by atoms with Gasteiger partial charge in [0.1, 0.15) is 18.5 Å². The molecule has 1 rings (SSSR count). The average Bonchev–Trinajstić information content (AvgIpc) is 2.40. The summed E-state index contributed by atoms with van der Waals surface area (Å²) in [5.74, 6) is 1.53. The van der Waals surface area contributed by atoms with E-state index in [0.29, 0.717) is 19.1 Å². The van der Waals surface area contributed by atoms with Crippen LogP contribution in [0, 0.1) is 19.8 Å². The number of rotatable bonds is 9. The molecule has 1 aromatic carbocycles. The maximum atomic E-state index is 9.92. The molecule has 1 aromatic rings. The summed E-state index contributed by atoms with van der Waals surface area (Å²) in [7, 11) is 0. The molecule has 20 heavy (non-hydrogen) atoms. The molecule has 0 radical (unpaired) electrons. The van der Waals surface area contributed by atoms with E-state index in [9.17, 15) is 5.11 Å². The molecule has 2 N–H and O–H groups in total. The maximum absolute atomic E-state index is 9.92. The highest BCUT2D eigenvalue weighted by Gasteiger charge is 2.08. The second-order valence-corrected chi connectivity index (χ2v) is 5.63. The number of ether oxygens (including phenoxy) is 1. The second kappa shape index (κ2) is 8.98. The maximum Gasteiger partial charge on any atom is 0.119 e. The molecule has 114 valence electrons. The van der Waals surface area contributed by atoms with Crippen molar-refractivity contribution in [2.75, 3.05) is 19.7 Å². The largest absolute Gasteiger partial charge is 0.491 e. The van der Waals surface area contributed by atoms with E-state index in [4.69, 9.17) is 4.74 Å². The summed E-state index contributed by atoms with van der Waals surface area (Å²) >= 11 is 0. The van der Waals surface area contributed by atoms with Gasteiger partial charge in [0.2, 0.25) is 0 Å². The molecule has 0 aliphatic carbocycles. The SMILES string of the molecule is CCC(CC)CNCC(O)COc1cc(C)cc(C)c1. The van der Waals surface area contributed by atoms with Gasteiger partial charge in [-0.15, -0.1) is 0 Å². The lowest BCUT2D eigenvalue weighted by molar-refractivity contribution is 0.105. The smallest absolute Gasteiger partial charge is 0.119 e. The molecule has 0 fully saturated rings. The summed E-state index contributed by atoms with van der Waals surface area (Å²) in [6.07, 6.45) is 1.89. The highest BCUT2D eigenvalue weighted by Crippen LogP contribution is 2.16. The topological polar surface area (TPSA) is 41.5 Å². The summed E-state index contributed by atoms with van der Waals surface area (Å²) in [5, 5.41) is 13.2. The van der Waals surface area contributed by atoms with Crippen LogP contribution in [0.25, 0.3) is 0 Å². The average molecular weight is 279 g/mol. The van der Waals surface area contributed by atoms with E-state index < -0.39 is 6.10 Å². The molecular formula is C17H29NO2. The molecule has 0 aliphatic heterocycles. The molecule has 1 atom stereocenters. The lowest BCUT2D eigenvalue weighted by Crippen LogP contribution is -2.34. The number of aliphatic hydroxyl groups excluding tert-OH is 1. The van der Waals surface area contributed by atoms with Crippen molar-refractivity contribution in [1.82, 2.24) is 5.32 Å². The number of aryl methyl sites for hydroxylation is 2. The van der Waals surface area contributed by atoms with Crippen molar-refractivity contribution in [2.24, 2.45) is 5.92 Å². The molecular weight excluding hydrogens is 250 g/mol. The van der Waals surface area contributed by atoms with Crippen LogP contribution in [0.5, 0.6) is 5.75 Å². The Balaban J connectivity index is 2.27. The number of hydrogen-bond donors (Lipinski definition) is 2. The predicted molar refractivity (Wildman–Crippen MR) is 84.4 cm³/mol. The van der Waals surface area contributed by atoms with E-state index in [0.717, 1.165) is 12.3 Å². The Labute approximate surface area is 123 Å². The minimum atomic E-state index is -0.467. The van der Waals surface area contributed by atoms with E-state index in [1.165, 1.54) is 24.0 Å². The first-order valence-electron chi connectivity index (χ1n) is 7.65. The van der Waals surface area contributed by atoms with Crippen LogP contribution in [0.4, 0.5) is 0 Å². The Bertz CT molecular complexity index is 368. The molecule has 0 spiro atoms. The fraction of sp³-hybridized carbons (Fsp3) is 0.647. The van der Waals surface area contributed by atoms with E-state index in [1.807, 2.05) is 26.0 Å². The summed E-state index contributed by atoms with van der Waals surface area (Å²) in [6, 6.07) is 6.11. The van der Waals surface area contributed by atoms with Crippen molar-refractivity contribution in [1.29, 1.82) is 0 Å². The predicted octanol–water partition coefficient (Wildman–Crippen LogP) is 3.07. The van der Waals surface area contributed by atoms with Crippen LogP contribution in [-0.2, 0) is 0 Å². The van der Waals surface area contributed by atoms with Crippen molar-refractivity contribution in [3.8, 4) is 5.75 Å². The van der Waals surface area contributed by atoms with Gasteiger partial charge in [0.05, 0.1) is 0 Å². The third kappa shape index (κ3) is 6.40. The molecule has 3 heteroatoms. The molecule has 3 nitrogen and oxygen atoms in total. The number of aliphatic hydroxyl groups is 1. The first-order chi connectivity index (χ1) is 9.55. The van der Waals surface area contributed by atoms with Crippen LogP contribution >= 0.6 is 0 Å². The van der Waals surface area contributed by atoms with Crippen LogP contribution < -0.4 is 10.1 Å². The van der Waals surface area contributed by atoms with Crippen LogP contribution in [0.2, 0.25) is 0 Å². The van der Waals surface area contributed by atoms with Crippen LogP contribution in [-0.4, -0.2) is 30.9 Å². The normalized spacial score (nSPS) is 12.7. The molecule has 0 saturated carbocycles. The summed E-state index contributed by atoms with van der Waals surface area (Å²) in [5.41, 5.74) is 2.36. The molecule has 0 bridgehead atoms. The van der Waals surface area contributed by atoms with Gasteiger partial charge in [-0.25, -0.2) is 0 Å². The Morgan fingerprint density at radius 2 is 1.65 bits per heavy atom. The third-order valence-electron chi connectivity index (χ3n) is 3.61. The first kappa shape index (κ1) is 17.0. The quantitative estimate of drug-likeness (QED) is 0.730. The molecule has 0 amide bonds. The number of hydrogen-bond acceptors (Lipinski definition) is 3. The Morgan fingerprint density at radius 1 is 1.05 bits per heavy atom. The van der Waals surface area contributed by atoms with Gasteiger partial charge >= 0.3 is 0 Å². The van der Waals surface area contributed by atoms with Crippen molar-refractivity contribution >= 4 is 0 Å². The van der Waals surface area contributed by atoms with Gasteiger partial charge in [-0.1, -0.05) is 32.8 Å². The van der Waals surface area contributed by atoms with Gasteiger partial charge in [-0.3, -0.25) is 0 Å². The van der Waals surface area contributed by atoms with Crippen LogP contribution in [0.3, 0.4) is 0 Å². The van der Waals surface area contributed by atoms with Gasteiger partial charge < -0.3 is 15.2 Å².